The third kappa shape index (κ3) is 4.82. The lowest BCUT2D eigenvalue weighted by molar-refractivity contribution is -0.126. The fraction of sp³-hybridized carbons (Fsp3) is 0.190. The summed E-state index contributed by atoms with van der Waals surface area (Å²) in [6, 6.07) is 16.7. The molecule has 1 N–H and O–H groups in total. The van der Waals surface area contributed by atoms with Crippen LogP contribution >= 0.6 is 0 Å². The van der Waals surface area contributed by atoms with Crippen molar-refractivity contribution in [2.24, 2.45) is 11.0 Å². The first-order chi connectivity index (χ1) is 13.2. The Bertz CT molecular complexity index is 832. The topological polar surface area (TPSA) is 71.0 Å². The molecule has 2 aromatic rings. The van der Waals surface area contributed by atoms with Crippen molar-refractivity contribution >= 4 is 23.7 Å². The Morgan fingerprint density at radius 1 is 1.22 bits per heavy atom. The van der Waals surface area contributed by atoms with Gasteiger partial charge in [-0.3, -0.25) is 9.59 Å². The molecule has 1 aliphatic rings. The number of amides is 2. The fourth-order valence-corrected chi connectivity index (χ4v) is 2.81. The highest BCUT2D eigenvalue weighted by molar-refractivity contribution is 6.00. The Balaban J connectivity index is 1.53. The van der Waals surface area contributed by atoms with Gasteiger partial charge >= 0.3 is 0 Å². The van der Waals surface area contributed by atoms with Crippen molar-refractivity contribution in [3.8, 4) is 5.75 Å². The standard InChI is InChI=1S/C21H21N3O3/c1-2-12-27-19-10-8-16(9-11-19)14-22-23-21(26)17-13-20(25)24(15-17)18-6-4-3-5-7-18/h2-11,14,17H,1,12-13,15H2,(H,23,26)/b22-14-/t17-/m1/s1. The molecular weight excluding hydrogens is 342 g/mol. The first-order valence-electron chi connectivity index (χ1n) is 8.69. The van der Waals surface area contributed by atoms with E-state index >= 15 is 0 Å². The van der Waals surface area contributed by atoms with E-state index in [9.17, 15) is 9.59 Å². The molecule has 27 heavy (non-hydrogen) atoms. The number of ether oxygens (including phenoxy) is 1. The van der Waals surface area contributed by atoms with E-state index in [1.165, 1.54) is 0 Å². The lowest BCUT2D eigenvalue weighted by atomic mass is 10.1. The minimum atomic E-state index is -0.412. The van der Waals surface area contributed by atoms with Crippen LogP contribution in [0.25, 0.3) is 0 Å². The molecule has 3 rings (SSSR count). The Kier molecular flexibility index (Phi) is 5.99. The number of anilines is 1. The van der Waals surface area contributed by atoms with Crippen LogP contribution in [0, 0.1) is 5.92 Å². The molecule has 1 aliphatic heterocycles. The Hall–Kier alpha value is -3.41. The quantitative estimate of drug-likeness (QED) is 0.467. The number of carbonyl (C=O) groups is 2. The van der Waals surface area contributed by atoms with Gasteiger partial charge in [0.1, 0.15) is 12.4 Å². The van der Waals surface area contributed by atoms with Crippen molar-refractivity contribution in [2.75, 3.05) is 18.1 Å². The van der Waals surface area contributed by atoms with Crippen molar-refractivity contribution in [3.05, 3.63) is 72.8 Å². The van der Waals surface area contributed by atoms with Crippen LogP contribution in [0.3, 0.4) is 0 Å². The maximum absolute atomic E-state index is 12.3. The highest BCUT2D eigenvalue weighted by Gasteiger charge is 2.34. The first kappa shape index (κ1) is 18.4. The number of nitrogens with one attached hydrogen (secondary N) is 1. The zero-order valence-corrected chi connectivity index (χ0v) is 14.9. The van der Waals surface area contributed by atoms with Gasteiger partial charge in [-0.15, -0.1) is 0 Å². The summed E-state index contributed by atoms with van der Waals surface area (Å²) in [5, 5.41) is 3.99. The summed E-state index contributed by atoms with van der Waals surface area (Å²) in [4.78, 5) is 26.1. The summed E-state index contributed by atoms with van der Waals surface area (Å²) in [5.41, 5.74) is 4.16. The molecule has 6 heteroatoms. The van der Waals surface area contributed by atoms with Crippen LogP contribution in [0.15, 0.2) is 72.4 Å². The van der Waals surface area contributed by atoms with Gasteiger partial charge in [-0.05, 0) is 42.0 Å². The lowest BCUT2D eigenvalue weighted by Crippen LogP contribution is -2.30. The highest BCUT2D eigenvalue weighted by atomic mass is 16.5. The molecule has 1 heterocycles. The molecule has 0 bridgehead atoms. The first-order valence-corrected chi connectivity index (χ1v) is 8.69. The Morgan fingerprint density at radius 3 is 2.67 bits per heavy atom. The molecule has 0 saturated carbocycles. The molecule has 2 amide bonds. The van der Waals surface area contributed by atoms with Gasteiger partial charge in [-0.1, -0.05) is 30.9 Å². The second kappa shape index (κ2) is 8.80. The molecule has 2 aromatic carbocycles. The van der Waals surface area contributed by atoms with Crippen LogP contribution in [0.2, 0.25) is 0 Å². The molecule has 138 valence electrons. The van der Waals surface area contributed by atoms with Gasteiger partial charge in [-0.25, -0.2) is 5.43 Å². The van der Waals surface area contributed by atoms with Crippen LogP contribution in [0.5, 0.6) is 5.75 Å². The van der Waals surface area contributed by atoms with Gasteiger partial charge in [0.2, 0.25) is 11.8 Å². The van der Waals surface area contributed by atoms with Gasteiger partial charge in [0, 0.05) is 18.7 Å². The molecule has 0 aromatic heterocycles. The van der Waals surface area contributed by atoms with Crippen molar-refractivity contribution in [1.82, 2.24) is 5.43 Å². The normalized spacial score (nSPS) is 16.5. The van der Waals surface area contributed by atoms with Crippen LogP contribution < -0.4 is 15.1 Å². The predicted octanol–water partition coefficient (Wildman–Crippen LogP) is 2.75. The van der Waals surface area contributed by atoms with Crippen LogP contribution in [0.4, 0.5) is 5.69 Å². The highest BCUT2D eigenvalue weighted by Crippen LogP contribution is 2.24. The molecule has 0 unspecified atom stereocenters. The Labute approximate surface area is 158 Å². The minimum Gasteiger partial charge on any atom is -0.490 e. The molecular formula is C21H21N3O3. The minimum absolute atomic E-state index is 0.0551. The van der Waals surface area contributed by atoms with Gasteiger partial charge in [0.25, 0.3) is 0 Å². The predicted molar refractivity (Wildman–Crippen MR) is 105 cm³/mol. The van der Waals surface area contributed by atoms with E-state index in [4.69, 9.17) is 4.74 Å². The van der Waals surface area contributed by atoms with Gasteiger partial charge in [-0.2, -0.15) is 5.10 Å². The van der Waals surface area contributed by atoms with Crippen molar-refractivity contribution in [2.45, 2.75) is 6.42 Å². The zero-order valence-electron chi connectivity index (χ0n) is 14.9. The summed E-state index contributed by atoms with van der Waals surface area (Å²) < 4.78 is 5.41. The molecule has 0 spiro atoms. The number of hydrogen-bond donors (Lipinski definition) is 1. The lowest BCUT2D eigenvalue weighted by Gasteiger charge is -2.16. The second-order valence-corrected chi connectivity index (χ2v) is 6.14. The molecule has 1 saturated heterocycles. The monoisotopic (exact) mass is 363 g/mol. The van der Waals surface area contributed by atoms with E-state index < -0.39 is 5.92 Å². The third-order valence-electron chi connectivity index (χ3n) is 4.20. The molecule has 6 nitrogen and oxygen atoms in total. The maximum atomic E-state index is 12.3. The van der Waals surface area contributed by atoms with E-state index in [0.717, 1.165) is 17.0 Å². The number of hydrazone groups is 1. The van der Waals surface area contributed by atoms with Gasteiger partial charge in [0.15, 0.2) is 0 Å². The number of para-hydroxylation sites is 1. The fourth-order valence-electron chi connectivity index (χ4n) is 2.81. The molecule has 0 aliphatic carbocycles. The summed E-state index contributed by atoms with van der Waals surface area (Å²) in [6.07, 6.45) is 3.42. The maximum Gasteiger partial charge on any atom is 0.245 e. The number of nitrogens with zero attached hydrogens (tertiary/aromatic N) is 2. The zero-order chi connectivity index (χ0) is 19.1. The third-order valence-corrected chi connectivity index (χ3v) is 4.20. The van der Waals surface area contributed by atoms with Crippen molar-refractivity contribution in [3.63, 3.8) is 0 Å². The average Bonchev–Trinajstić information content (AvgIpc) is 3.10. The van der Waals surface area contributed by atoms with Gasteiger partial charge < -0.3 is 9.64 Å². The summed E-state index contributed by atoms with van der Waals surface area (Å²) in [7, 11) is 0. The summed E-state index contributed by atoms with van der Waals surface area (Å²) in [6.45, 7) is 4.41. The number of benzene rings is 2. The second-order valence-electron chi connectivity index (χ2n) is 6.14. The summed E-state index contributed by atoms with van der Waals surface area (Å²) >= 11 is 0. The van der Waals surface area contributed by atoms with Crippen molar-refractivity contribution in [1.29, 1.82) is 0 Å². The van der Waals surface area contributed by atoms with Crippen LogP contribution in [-0.4, -0.2) is 31.2 Å². The average molecular weight is 363 g/mol. The smallest absolute Gasteiger partial charge is 0.245 e. The SMILES string of the molecule is C=CCOc1ccc(/C=N\NC(=O)[C@@H]2CC(=O)N(c3ccccc3)C2)cc1. The number of hydrogen-bond acceptors (Lipinski definition) is 4. The van der Waals surface area contributed by atoms with E-state index in [1.807, 2.05) is 54.6 Å². The van der Waals surface area contributed by atoms with E-state index in [2.05, 4.69) is 17.1 Å². The van der Waals surface area contributed by atoms with E-state index in [1.54, 1.807) is 17.2 Å². The largest absolute Gasteiger partial charge is 0.490 e. The summed E-state index contributed by atoms with van der Waals surface area (Å²) in [5.74, 6) is 0.00972. The molecule has 1 atom stereocenters. The number of carbonyl (C=O) groups excluding carboxylic acids is 2. The molecule has 0 radical (unpaired) electrons. The van der Waals surface area contributed by atoms with E-state index in [-0.39, 0.29) is 18.2 Å². The van der Waals surface area contributed by atoms with Crippen LogP contribution in [0.1, 0.15) is 12.0 Å². The van der Waals surface area contributed by atoms with Gasteiger partial charge in [0.05, 0.1) is 12.1 Å². The van der Waals surface area contributed by atoms with Crippen LogP contribution in [-0.2, 0) is 9.59 Å². The van der Waals surface area contributed by atoms with Crippen molar-refractivity contribution < 1.29 is 14.3 Å². The number of rotatable bonds is 7. The molecule has 1 fully saturated rings. The Morgan fingerprint density at radius 2 is 1.96 bits per heavy atom. The van der Waals surface area contributed by atoms with E-state index in [0.29, 0.717) is 13.2 Å².